The molecule has 9 heteroatoms. The Balaban J connectivity index is 2.60. The molecule has 0 bridgehead atoms. The summed E-state index contributed by atoms with van der Waals surface area (Å²) in [7, 11) is 5.27. The molecule has 0 fully saturated rings. The molecule has 0 aromatic carbocycles. The molecule has 2 rings (SSSR count). The van der Waals surface area contributed by atoms with E-state index >= 15 is 0 Å². The number of aromatic nitrogens is 4. The van der Waals surface area contributed by atoms with Crippen molar-refractivity contribution >= 4 is 11.2 Å². The Labute approximate surface area is 126 Å². The lowest BCUT2D eigenvalue weighted by molar-refractivity contribution is 0.0820. The van der Waals surface area contributed by atoms with Crippen LogP contribution in [0.3, 0.4) is 0 Å². The molecule has 1 atom stereocenters. The van der Waals surface area contributed by atoms with E-state index < -0.39 is 24.0 Å². The van der Waals surface area contributed by atoms with Crippen molar-refractivity contribution in [1.82, 2.24) is 23.6 Å². The first kappa shape index (κ1) is 16.4. The van der Waals surface area contributed by atoms with E-state index in [4.69, 9.17) is 5.11 Å². The van der Waals surface area contributed by atoms with Gasteiger partial charge in [-0.3, -0.25) is 13.9 Å². The van der Waals surface area contributed by atoms with Crippen LogP contribution in [0.25, 0.3) is 11.2 Å². The quantitative estimate of drug-likeness (QED) is 0.628. The Kier molecular flexibility index (Phi) is 4.79. The number of aliphatic hydroxyl groups excluding tert-OH is 2. The van der Waals surface area contributed by atoms with E-state index in [0.717, 1.165) is 4.57 Å². The van der Waals surface area contributed by atoms with E-state index in [1.165, 1.54) is 15.5 Å². The molecule has 0 radical (unpaired) electrons. The molecule has 0 spiro atoms. The molecule has 0 saturated heterocycles. The summed E-state index contributed by atoms with van der Waals surface area (Å²) in [6.07, 6.45) is 0.393. The number of imidazole rings is 1. The molecule has 122 valence electrons. The lowest BCUT2D eigenvalue weighted by atomic mass is 10.3. The first-order valence-corrected chi connectivity index (χ1v) is 6.95. The zero-order valence-corrected chi connectivity index (χ0v) is 12.9. The zero-order chi connectivity index (χ0) is 16.4. The molecule has 2 aromatic rings. The highest BCUT2D eigenvalue weighted by Gasteiger charge is 2.17. The number of hydrogen-bond acceptors (Lipinski definition) is 6. The monoisotopic (exact) mass is 311 g/mol. The molecular formula is C13H21N5O4. The summed E-state index contributed by atoms with van der Waals surface area (Å²) in [5.74, 6) is 0. The molecule has 2 heterocycles. The Morgan fingerprint density at radius 3 is 2.64 bits per heavy atom. The predicted molar refractivity (Wildman–Crippen MR) is 80.9 cm³/mol. The molecule has 0 aliphatic heterocycles. The minimum atomic E-state index is -0.996. The molecule has 2 aromatic heterocycles. The molecule has 22 heavy (non-hydrogen) atoms. The Hall–Kier alpha value is -1.97. The molecule has 0 aliphatic rings. The van der Waals surface area contributed by atoms with Crippen molar-refractivity contribution in [3.63, 3.8) is 0 Å². The Bertz CT molecular complexity index is 773. The van der Waals surface area contributed by atoms with Crippen molar-refractivity contribution in [3.8, 4) is 0 Å². The van der Waals surface area contributed by atoms with Gasteiger partial charge in [-0.05, 0) is 14.1 Å². The van der Waals surface area contributed by atoms with E-state index in [-0.39, 0.29) is 24.3 Å². The summed E-state index contributed by atoms with van der Waals surface area (Å²) in [5, 5.41) is 18.5. The fourth-order valence-electron chi connectivity index (χ4n) is 2.24. The topological polar surface area (TPSA) is 106 Å². The fourth-order valence-corrected chi connectivity index (χ4v) is 2.24. The SMILES string of the molecule is CN(C)CCn1c(=O)c2c(ncn2C[C@H](O)CO)n(C)c1=O. The average Bonchev–Trinajstić information content (AvgIpc) is 2.88. The van der Waals surface area contributed by atoms with Crippen LogP contribution in [0.1, 0.15) is 0 Å². The maximum absolute atomic E-state index is 12.6. The van der Waals surface area contributed by atoms with Crippen LogP contribution >= 0.6 is 0 Å². The van der Waals surface area contributed by atoms with Gasteiger partial charge in [-0.15, -0.1) is 0 Å². The molecule has 2 N–H and O–H groups in total. The Morgan fingerprint density at radius 2 is 2.05 bits per heavy atom. The predicted octanol–water partition coefficient (Wildman–Crippen LogP) is -2.19. The van der Waals surface area contributed by atoms with Gasteiger partial charge in [0.25, 0.3) is 5.56 Å². The number of fused-ring (bicyclic) bond motifs is 1. The van der Waals surface area contributed by atoms with Gasteiger partial charge >= 0.3 is 5.69 Å². The second-order valence-corrected chi connectivity index (χ2v) is 5.51. The van der Waals surface area contributed by atoms with Gasteiger partial charge in [0.1, 0.15) is 0 Å². The van der Waals surface area contributed by atoms with Crippen LogP contribution in [-0.2, 0) is 20.1 Å². The number of likely N-dealkylation sites (N-methyl/N-ethyl adjacent to an activating group) is 1. The van der Waals surface area contributed by atoms with E-state index in [1.54, 1.807) is 7.05 Å². The number of aliphatic hydroxyl groups is 2. The molecule has 0 amide bonds. The summed E-state index contributed by atoms with van der Waals surface area (Å²) in [5.41, 5.74) is -0.357. The van der Waals surface area contributed by atoms with E-state index in [9.17, 15) is 14.7 Å². The van der Waals surface area contributed by atoms with Gasteiger partial charge in [0.05, 0.1) is 25.6 Å². The van der Waals surface area contributed by atoms with Crippen molar-refractivity contribution in [2.75, 3.05) is 27.2 Å². The van der Waals surface area contributed by atoms with Gasteiger partial charge in [-0.1, -0.05) is 0 Å². The van der Waals surface area contributed by atoms with E-state index in [0.29, 0.717) is 6.54 Å². The maximum atomic E-state index is 12.6. The highest BCUT2D eigenvalue weighted by Crippen LogP contribution is 2.06. The van der Waals surface area contributed by atoms with Crippen LogP contribution < -0.4 is 11.2 Å². The van der Waals surface area contributed by atoms with Gasteiger partial charge in [0.15, 0.2) is 11.2 Å². The number of rotatable bonds is 6. The molecule has 0 saturated carbocycles. The van der Waals surface area contributed by atoms with E-state index in [2.05, 4.69) is 4.98 Å². The van der Waals surface area contributed by atoms with Gasteiger partial charge < -0.3 is 19.7 Å². The fraction of sp³-hybridized carbons (Fsp3) is 0.615. The van der Waals surface area contributed by atoms with Gasteiger partial charge in [-0.25, -0.2) is 9.78 Å². The summed E-state index contributed by atoms with van der Waals surface area (Å²) in [6.45, 7) is 0.435. The van der Waals surface area contributed by atoms with Crippen molar-refractivity contribution in [1.29, 1.82) is 0 Å². The molecular weight excluding hydrogens is 290 g/mol. The van der Waals surface area contributed by atoms with Crippen molar-refractivity contribution in [2.45, 2.75) is 19.2 Å². The zero-order valence-electron chi connectivity index (χ0n) is 12.9. The van der Waals surface area contributed by atoms with Crippen LogP contribution in [-0.4, -0.2) is 67.1 Å². The van der Waals surface area contributed by atoms with Crippen LogP contribution in [0.2, 0.25) is 0 Å². The van der Waals surface area contributed by atoms with Crippen molar-refractivity contribution in [2.24, 2.45) is 7.05 Å². The second-order valence-electron chi connectivity index (χ2n) is 5.51. The van der Waals surface area contributed by atoms with Gasteiger partial charge in [0, 0.05) is 20.1 Å². The molecule has 0 unspecified atom stereocenters. The first-order valence-electron chi connectivity index (χ1n) is 6.95. The van der Waals surface area contributed by atoms with Crippen LogP contribution in [0.5, 0.6) is 0 Å². The second kappa shape index (κ2) is 6.42. The summed E-state index contributed by atoms with van der Waals surface area (Å²) in [4.78, 5) is 30.8. The third-order valence-electron chi connectivity index (χ3n) is 3.49. The smallest absolute Gasteiger partial charge is 0.332 e. The third-order valence-corrected chi connectivity index (χ3v) is 3.49. The third kappa shape index (κ3) is 2.96. The highest BCUT2D eigenvalue weighted by atomic mass is 16.3. The highest BCUT2D eigenvalue weighted by molar-refractivity contribution is 5.69. The summed E-state index contributed by atoms with van der Waals surface area (Å²) >= 11 is 0. The average molecular weight is 311 g/mol. The van der Waals surface area contributed by atoms with Gasteiger partial charge in [-0.2, -0.15) is 0 Å². The Morgan fingerprint density at radius 1 is 1.36 bits per heavy atom. The number of nitrogens with zero attached hydrogens (tertiary/aromatic N) is 5. The minimum Gasteiger partial charge on any atom is -0.394 e. The number of hydrogen-bond donors (Lipinski definition) is 2. The van der Waals surface area contributed by atoms with Crippen LogP contribution in [0.15, 0.2) is 15.9 Å². The number of aryl methyl sites for hydroxylation is 1. The lowest BCUT2D eigenvalue weighted by Crippen LogP contribution is -2.41. The van der Waals surface area contributed by atoms with E-state index in [1.807, 2.05) is 19.0 Å². The van der Waals surface area contributed by atoms with Crippen LogP contribution in [0, 0.1) is 0 Å². The summed E-state index contributed by atoms with van der Waals surface area (Å²) < 4.78 is 3.93. The largest absolute Gasteiger partial charge is 0.394 e. The first-order chi connectivity index (χ1) is 10.4. The summed E-state index contributed by atoms with van der Waals surface area (Å²) in [6, 6.07) is 0. The lowest BCUT2D eigenvalue weighted by Gasteiger charge is -2.13. The minimum absolute atomic E-state index is 0.0358. The van der Waals surface area contributed by atoms with Gasteiger partial charge in [0.2, 0.25) is 0 Å². The van der Waals surface area contributed by atoms with Crippen molar-refractivity contribution in [3.05, 3.63) is 27.2 Å². The standard InChI is InChI=1S/C13H21N5O4/c1-15(2)4-5-18-12(21)10-11(16(3)13(18)22)14-8-17(10)6-9(20)7-19/h8-9,19-20H,4-7H2,1-3H3/t9-/m0/s1. The molecule has 9 nitrogen and oxygen atoms in total. The molecule has 0 aliphatic carbocycles. The van der Waals surface area contributed by atoms with Crippen LogP contribution in [0.4, 0.5) is 0 Å². The van der Waals surface area contributed by atoms with Crippen molar-refractivity contribution < 1.29 is 10.2 Å². The normalized spacial score (nSPS) is 13.2. The maximum Gasteiger partial charge on any atom is 0.332 e.